The van der Waals surface area contributed by atoms with Crippen LogP contribution in [0.25, 0.3) is 0 Å². The Morgan fingerprint density at radius 2 is 2.06 bits per heavy atom. The molecule has 1 aromatic rings. The maximum atomic E-state index is 11.8. The summed E-state index contributed by atoms with van der Waals surface area (Å²) in [5.41, 5.74) is 1.71. The molecule has 0 bridgehead atoms. The summed E-state index contributed by atoms with van der Waals surface area (Å²) in [7, 11) is 0. The fourth-order valence-corrected chi connectivity index (χ4v) is 1.75. The normalized spacial score (nSPS) is 11.2. The van der Waals surface area contributed by atoms with Gasteiger partial charge in [-0.15, -0.1) is 0 Å². The second-order valence-electron chi connectivity index (χ2n) is 5.12. The predicted octanol–water partition coefficient (Wildman–Crippen LogP) is 3.37. The van der Waals surface area contributed by atoms with Crippen LogP contribution in [0.1, 0.15) is 32.8 Å². The van der Waals surface area contributed by atoms with E-state index < -0.39 is 0 Å². The largest absolute Gasteiger partial charge is 0.375 e. The summed E-state index contributed by atoms with van der Waals surface area (Å²) >= 11 is 6.08. The molecule has 1 aromatic carbocycles. The molecule has 0 saturated heterocycles. The molecule has 0 fully saturated rings. The molecule has 0 aromatic heterocycles. The third kappa shape index (κ3) is 4.57. The van der Waals surface area contributed by atoms with E-state index in [4.69, 9.17) is 11.6 Å². The van der Waals surface area contributed by atoms with Gasteiger partial charge in [0.2, 0.25) is 5.91 Å². The van der Waals surface area contributed by atoms with E-state index in [1.54, 1.807) is 0 Å². The Kier molecular flexibility index (Phi) is 5.03. The molecule has 18 heavy (non-hydrogen) atoms. The van der Waals surface area contributed by atoms with Crippen molar-refractivity contribution in [1.29, 1.82) is 0 Å². The minimum atomic E-state index is -0.171. The standard InChI is InChI=1S/C14H21ClN2O/c1-5-14(3,4)17-13(18)9-16-12-7-6-10(2)8-11(12)15/h6-8,16H,5,9H2,1-4H3,(H,17,18). The number of benzene rings is 1. The Balaban J connectivity index is 2.53. The van der Waals surface area contributed by atoms with Gasteiger partial charge in [-0.05, 0) is 44.9 Å². The van der Waals surface area contributed by atoms with Crippen molar-refractivity contribution in [1.82, 2.24) is 5.32 Å². The number of nitrogens with one attached hydrogen (secondary N) is 2. The quantitative estimate of drug-likeness (QED) is 0.860. The van der Waals surface area contributed by atoms with E-state index in [0.717, 1.165) is 17.7 Å². The van der Waals surface area contributed by atoms with Crippen LogP contribution in [0.15, 0.2) is 18.2 Å². The van der Waals surface area contributed by atoms with Crippen molar-refractivity contribution in [3.05, 3.63) is 28.8 Å². The van der Waals surface area contributed by atoms with E-state index in [-0.39, 0.29) is 18.0 Å². The molecule has 0 heterocycles. The number of amides is 1. The number of rotatable bonds is 5. The minimum Gasteiger partial charge on any atom is -0.375 e. The maximum absolute atomic E-state index is 11.8. The maximum Gasteiger partial charge on any atom is 0.239 e. The number of aryl methyl sites for hydroxylation is 1. The van der Waals surface area contributed by atoms with Crippen LogP contribution in [-0.2, 0) is 4.79 Å². The Morgan fingerprint density at radius 1 is 1.39 bits per heavy atom. The van der Waals surface area contributed by atoms with Crippen LogP contribution in [0, 0.1) is 6.92 Å². The molecular formula is C14H21ClN2O. The third-order valence-corrected chi connectivity index (χ3v) is 3.24. The summed E-state index contributed by atoms with van der Waals surface area (Å²) in [5, 5.41) is 6.64. The molecule has 0 unspecified atom stereocenters. The van der Waals surface area contributed by atoms with Crippen LogP contribution in [0.4, 0.5) is 5.69 Å². The van der Waals surface area contributed by atoms with E-state index in [1.807, 2.05) is 45.9 Å². The van der Waals surface area contributed by atoms with Gasteiger partial charge < -0.3 is 10.6 Å². The molecule has 0 aliphatic carbocycles. The molecule has 1 rings (SSSR count). The van der Waals surface area contributed by atoms with Gasteiger partial charge in [-0.2, -0.15) is 0 Å². The van der Waals surface area contributed by atoms with Crippen LogP contribution < -0.4 is 10.6 Å². The van der Waals surface area contributed by atoms with Crippen molar-refractivity contribution in [3.8, 4) is 0 Å². The molecule has 100 valence electrons. The third-order valence-electron chi connectivity index (χ3n) is 2.93. The van der Waals surface area contributed by atoms with E-state index >= 15 is 0 Å². The summed E-state index contributed by atoms with van der Waals surface area (Å²) in [5.74, 6) is -0.0292. The molecular weight excluding hydrogens is 248 g/mol. The average molecular weight is 269 g/mol. The molecule has 2 N–H and O–H groups in total. The van der Waals surface area contributed by atoms with Crippen molar-refractivity contribution >= 4 is 23.2 Å². The lowest BCUT2D eigenvalue weighted by atomic mass is 10.0. The van der Waals surface area contributed by atoms with Crippen LogP contribution in [0.3, 0.4) is 0 Å². The highest BCUT2D eigenvalue weighted by Gasteiger charge is 2.17. The highest BCUT2D eigenvalue weighted by molar-refractivity contribution is 6.33. The summed E-state index contributed by atoms with van der Waals surface area (Å²) in [4.78, 5) is 11.8. The van der Waals surface area contributed by atoms with Crippen molar-refractivity contribution in [2.24, 2.45) is 0 Å². The van der Waals surface area contributed by atoms with Gasteiger partial charge in [-0.1, -0.05) is 24.6 Å². The van der Waals surface area contributed by atoms with Crippen molar-refractivity contribution in [2.45, 2.75) is 39.7 Å². The van der Waals surface area contributed by atoms with Gasteiger partial charge in [0.1, 0.15) is 0 Å². The lowest BCUT2D eigenvalue weighted by Crippen LogP contribution is -2.45. The molecule has 3 nitrogen and oxygen atoms in total. The minimum absolute atomic E-state index is 0.0292. The van der Waals surface area contributed by atoms with Crippen LogP contribution in [0.2, 0.25) is 5.02 Å². The zero-order chi connectivity index (χ0) is 13.8. The molecule has 0 radical (unpaired) electrons. The van der Waals surface area contributed by atoms with Crippen molar-refractivity contribution < 1.29 is 4.79 Å². The number of carbonyl (C=O) groups is 1. The van der Waals surface area contributed by atoms with Gasteiger partial charge in [0, 0.05) is 5.54 Å². The van der Waals surface area contributed by atoms with Crippen molar-refractivity contribution in [3.63, 3.8) is 0 Å². The average Bonchev–Trinajstić information content (AvgIpc) is 2.27. The number of anilines is 1. The Morgan fingerprint density at radius 3 is 2.61 bits per heavy atom. The van der Waals surface area contributed by atoms with E-state index in [2.05, 4.69) is 10.6 Å². The number of carbonyl (C=O) groups excluding carboxylic acids is 1. The zero-order valence-corrected chi connectivity index (χ0v) is 12.2. The second kappa shape index (κ2) is 6.10. The van der Waals surface area contributed by atoms with Crippen LogP contribution in [0.5, 0.6) is 0 Å². The number of hydrogen-bond acceptors (Lipinski definition) is 2. The van der Waals surface area contributed by atoms with Crippen LogP contribution >= 0.6 is 11.6 Å². The summed E-state index contributed by atoms with van der Waals surface area (Å²) in [6.07, 6.45) is 0.893. The monoisotopic (exact) mass is 268 g/mol. The van der Waals surface area contributed by atoms with Gasteiger partial charge in [0.05, 0.1) is 17.3 Å². The second-order valence-corrected chi connectivity index (χ2v) is 5.53. The molecule has 0 aliphatic rings. The first-order valence-electron chi connectivity index (χ1n) is 6.15. The fourth-order valence-electron chi connectivity index (χ4n) is 1.45. The Labute approximate surface area is 114 Å². The zero-order valence-electron chi connectivity index (χ0n) is 11.4. The lowest BCUT2D eigenvalue weighted by molar-refractivity contribution is -0.121. The highest BCUT2D eigenvalue weighted by atomic mass is 35.5. The smallest absolute Gasteiger partial charge is 0.239 e. The summed E-state index contributed by atoms with van der Waals surface area (Å²) in [6, 6.07) is 5.72. The SMILES string of the molecule is CCC(C)(C)NC(=O)CNc1ccc(C)cc1Cl. The first-order chi connectivity index (χ1) is 8.34. The molecule has 4 heteroatoms. The molecule has 0 aliphatic heterocycles. The fraction of sp³-hybridized carbons (Fsp3) is 0.500. The first kappa shape index (κ1) is 14.8. The van der Waals surface area contributed by atoms with E-state index in [1.165, 1.54) is 0 Å². The van der Waals surface area contributed by atoms with E-state index in [0.29, 0.717) is 5.02 Å². The highest BCUT2D eigenvalue weighted by Crippen LogP contribution is 2.22. The topological polar surface area (TPSA) is 41.1 Å². The van der Waals surface area contributed by atoms with Gasteiger partial charge in [0.15, 0.2) is 0 Å². The Hall–Kier alpha value is -1.22. The number of halogens is 1. The van der Waals surface area contributed by atoms with Gasteiger partial charge in [-0.3, -0.25) is 4.79 Å². The molecule has 0 saturated carbocycles. The molecule has 0 spiro atoms. The summed E-state index contributed by atoms with van der Waals surface area (Å²) < 4.78 is 0. The van der Waals surface area contributed by atoms with Crippen LogP contribution in [-0.4, -0.2) is 18.0 Å². The van der Waals surface area contributed by atoms with Crippen molar-refractivity contribution in [2.75, 3.05) is 11.9 Å². The Bertz CT molecular complexity index is 430. The van der Waals surface area contributed by atoms with Gasteiger partial charge in [-0.25, -0.2) is 0 Å². The number of hydrogen-bond donors (Lipinski definition) is 2. The van der Waals surface area contributed by atoms with Gasteiger partial charge in [0.25, 0.3) is 0 Å². The van der Waals surface area contributed by atoms with E-state index in [9.17, 15) is 4.79 Å². The van der Waals surface area contributed by atoms with Gasteiger partial charge >= 0.3 is 0 Å². The predicted molar refractivity (Wildman–Crippen MR) is 77.2 cm³/mol. The summed E-state index contributed by atoms with van der Waals surface area (Å²) in [6.45, 7) is 8.26. The lowest BCUT2D eigenvalue weighted by Gasteiger charge is -2.24. The first-order valence-corrected chi connectivity index (χ1v) is 6.53. The molecule has 1 amide bonds. The molecule has 0 atom stereocenters.